The van der Waals surface area contributed by atoms with Gasteiger partial charge >= 0.3 is 0 Å². The highest BCUT2D eigenvalue weighted by Crippen LogP contribution is 2.33. The summed E-state index contributed by atoms with van der Waals surface area (Å²) in [5, 5.41) is 20.6. The van der Waals surface area contributed by atoms with Gasteiger partial charge in [0.2, 0.25) is 0 Å². The van der Waals surface area contributed by atoms with Crippen LogP contribution in [0.3, 0.4) is 0 Å². The Bertz CT molecular complexity index is 479. The normalized spacial score (nSPS) is 24.1. The van der Waals surface area contributed by atoms with E-state index < -0.39 is 11.0 Å². The minimum Gasteiger partial charge on any atom is -0.490 e. The van der Waals surface area contributed by atoms with Crippen molar-refractivity contribution in [3.05, 3.63) is 33.9 Å². The van der Waals surface area contributed by atoms with Crippen molar-refractivity contribution in [2.45, 2.75) is 51.7 Å². The van der Waals surface area contributed by atoms with E-state index in [1.54, 1.807) is 13.0 Å². The molecule has 5 heteroatoms. The zero-order valence-corrected chi connectivity index (χ0v) is 11.9. The molecule has 0 bridgehead atoms. The van der Waals surface area contributed by atoms with Crippen LogP contribution in [0.5, 0.6) is 5.75 Å². The molecule has 0 amide bonds. The summed E-state index contributed by atoms with van der Waals surface area (Å²) >= 11 is 0. The van der Waals surface area contributed by atoms with E-state index in [0.717, 1.165) is 31.6 Å². The molecule has 110 valence electrons. The Morgan fingerprint density at radius 3 is 2.55 bits per heavy atom. The highest BCUT2D eigenvalue weighted by atomic mass is 16.6. The minimum atomic E-state index is -0.785. The Morgan fingerprint density at radius 1 is 1.35 bits per heavy atom. The molecule has 1 atom stereocenters. The van der Waals surface area contributed by atoms with E-state index in [2.05, 4.69) is 6.92 Å². The van der Waals surface area contributed by atoms with Crippen molar-refractivity contribution < 1.29 is 14.8 Å². The number of nitro benzene ring substituents is 1. The molecule has 1 aromatic carbocycles. The third kappa shape index (κ3) is 3.48. The Kier molecular flexibility index (Phi) is 4.60. The number of ether oxygens (including phenoxy) is 1. The van der Waals surface area contributed by atoms with Crippen LogP contribution in [0.25, 0.3) is 0 Å². The summed E-state index contributed by atoms with van der Waals surface area (Å²) in [5.41, 5.74) is 0.461. The maximum atomic E-state index is 10.8. The fourth-order valence-electron chi connectivity index (χ4n) is 2.61. The molecule has 1 saturated carbocycles. The Balaban J connectivity index is 2.16. The number of aliphatic hydroxyl groups excluding tert-OH is 1. The summed E-state index contributed by atoms with van der Waals surface area (Å²) in [6.07, 6.45) is 3.63. The summed E-state index contributed by atoms with van der Waals surface area (Å²) in [6, 6.07) is 4.41. The minimum absolute atomic E-state index is 0.0227. The molecule has 1 N–H and O–H groups in total. The Morgan fingerprint density at radius 2 is 2.00 bits per heavy atom. The van der Waals surface area contributed by atoms with Crippen LogP contribution in [0.1, 0.15) is 51.2 Å². The van der Waals surface area contributed by atoms with Crippen molar-refractivity contribution in [3.63, 3.8) is 0 Å². The molecule has 1 aliphatic rings. The first-order valence-electron chi connectivity index (χ1n) is 7.10. The molecule has 0 radical (unpaired) electrons. The smallest absolute Gasteiger partial charge is 0.270 e. The van der Waals surface area contributed by atoms with Crippen LogP contribution >= 0.6 is 0 Å². The quantitative estimate of drug-likeness (QED) is 0.675. The molecule has 5 nitrogen and oxygen atoms in total. The summed E-state index contributed by atoms with van der Waals surface area (Å²) in [6.45, 7) is 3.83. The molecular formula is C15H21NO4. The number of hydrogen-bond acceptors (Lipinski definition) is 4. The van der Waals surface area contributed by atoms with Gasteiger partial charge in [0.25, 0.3) is 5.69 Å². The lowest BCUT2D eigenvalue weighted by Gasteiger charge is -2.28. The van der Waals surface area contributed by atoms with Crippen LogP contribution in [-0.2, 0) is 0 Å². The average molecular weight is 279 g/mol. The molecule has 0 aromatic heterocycles. The molecule has 1 aliphatic carbocycles. The van der Waals surface area contributed by atoms with Gasteiger partial charge in [-0.05, 0) is 44.6 Å². The van der Waals surface area contributed by atoms with Gasteiger partial charge in [-0.25, -0.2) is 0 Å². The monoisotopic (exact) mass is 279 g/mol. The second-order valence-electron chi connectivity index (χ2n) is 5.65. The van der Waals surface area contributed by atoms with E-state index in [9.17, 15) is 15.2 Å². The first-order valence-corrected chi connectivity index (χ1v) is 7.10. The van der Waals surface area contributed by atoms with Crippen molar-refractivity contribution in [2.24, 2.45) is 5.92 Å². The van der Waals surface area contributed by atoms with Crippen molar-refractivity contribution in [1.82, 2.24) is 0 Å². The van der Waals surface area contributed by atoms with Gasteiger partial charge in [-0.1, -0.05) is 6.92 Å². The van der Waals surface area contributed by atoms with E-state index >= 15 is 0 Å². The predicted octanol–water partition coefficient (Wildman–Crippen LogP) is 3.61. The fraction of sp³-hybridized carbons (Fsp3) is 0.600. The van der Waals surface area contributed by atoms with Gasteiger partial charge in [0.15, 0.2) is 0 Å². The SMILES string of the molecule is CC1CCC(Oc2ccc([N+](=O)[O-])cc2[C@@H](C)O)CC1. The second-order valence-corrected chi connectivity index (χ2v) is 5.65. The van der Waals surface area contributed by atoms with Crippen molar-refractivity contribution >= 4 is 5.69 Å². The van der Waals surface area contributed by atoms with Gasteiger partial charge in [0, 0.05) is 17.7 Å². The standard InChI is InChI=1S/C15H21NO4/c1-10-3-6-13(7-4-10)20-15-8-5-12(16(18)19)9-14(15)11(2)17/h5,8-11,13,17H,3-4,6-7H2,1-2H3/t10?,11-,13?/m1/s1. The first-order chi connectivity index (χ1) is 9.47. The molecule has 0 heterocycles. The number of aliphatic hydroxyl groups is 1. The molecule has 20 heavy (non-hydrogen) atoms. The van der Waals surface area contributed by atoms with Crippen molar-refractivity contribution in [3.8, 4) is 5.75 Å². The lowest BCUT2D eigenvalue weighted by Crippen LogP contribution is -2.23. The number of non-ortho nitro benzene ring substituents is 1. The molecule has 0 spiro atoms. The molecule has 2 rings (SSSR count). The number of benzene rings is 1. The van der Waals surface area contributed by atoms with Gasteiger partial charge in [0.05, 0.1) is 17.1 Å². The third-order valence-electron chi connectivity index (χ3n) is 3.91. The predicted molar refractivity (Wildman–Crippen MR) is 75.8 cm³/mol. The molecular weight excluding hydrogens is 258 g/mol. The molecule has 1 fully saturated rings. The van der Waals surface area contributed by atoms with E-state index in [1.165, 1.54) is 12.1 Å². The number of hydrogen-bond donors (Lipinski definition) is 1. The largest absolute Gasteiger partial charge is 0.490 e. The highest BCUT2D eigenvalue weighted by molar-refractivity contribution is 5.44. The molecule has 0 unspecified atom stereocenters. The number of rotatable bonds is 4. The summed E-state index contributed by atoms with van der Waals surface area (Å²) in [4.78, 5) is 10.3. The highest BCUT2D eigenvalue weighted by Gasteiger charge is 2.22. The summed E-state index contributed by atoms with van der Waals surface area (Å²) in [7, 11) is 0. The van der Waals surface area contributed by atoms with Gasteiger partial charge in [-0.15, -0.1) is 0 Å². The van der Waals surface area contributed by atoms with Crippen LogP contribution in [0, 0.1) is 16.0 Å². The second kappa shape index (κ2) is 6.22. The van der Waals surface area contributed by atoms with E-state index in [0.29, 0.717) is 11.3 Å². The van der Waals surface area contributed by atoms with Gasteiger partial charge < -0.3 is 9.84 Å². The average Bonchev–Trinajstić information content (AvgIpc) is 2.41. The maximum Gasteiger partial charge on any atom is 0.270 e. The third-order valence-corrected chi connectivity index (χ3v) is 3.91. The molecule has 0 saturated heterocycles. The lowest BCUT2D eigenvalue weighted by molar-refractivity contribution is -0.385. The molecule has 0 aliphatic heterocycles. The topological polar surface area (TPSA) is 72.6 Å². The van der Waals surface area contributed by atoms with Crippen LogP contribution in [0.2, 0.25) is 0 Å². The lowest BCUT2D eigenvalue weighted by atomic mass is 9.89. The summed E-state index contributed by atoms with van der Waals surface area (Å²) in [5.74, 6) is 1.30. The zero-order chi connectivity index (χ0) is 14.7. The van der Waals surface area contributed by atoms with Gasteiger partial charge in [-0.2, -0.15) is 0 Å². The van der Waals surface area contributed by atoms with Crippen LogP contribution in [0.15, 0.2) is 18.2 Å². The van der Waals surface area contributed by atoms with Crippen molar-refractivity contribution in [1.29, 1.82) is 0 Å². The van der Waals surface area contributed by atoms with Crippen LogP contribution < -0.4 is 4.74 Å². The summed E-state index contributed by atoms with van der Waals surface area (Å²) < 4.78 is 5.95. The van der Waals surface area contributed by atoms with Crippen LogP contribution in [0.4, 0.5) is 5.69 Å². The van der Waals surface area contributed by atoms with Crippen molar-refractivity contribution in [2.75, 3.05) is 0 Å². The number of nitrogens with zero attached hydrogens (tertiary/aromatic N) is 1. The van der Waals surface area contributed by atoms with Gasteiger partial charge in [0.1, 0.15) is 5.75 Å². The number of nitro groups is 1. The van der Waals surface area contributed by atoms with Gasteiger partial charge in [-0.3, -0.25) is 10.1 Å². The van der Waals surface area contributed by atoms with E-state index in [4.69, 9.17) is 4.74 Å². The maximum absolute atomic E-state index is 10.8. The van der Waals surface area contributed by atoms with E-state index in [-0.39, 0.29) is 11.8 Å². The fourth-order valence-corrected chi connectivity index (χ4v) is 2.61. The Hall–Kier alpha value is -1.62. The Labute approximate surface area is 118 Å². The van der Waals surface area contributed by atoms with Crippen LogP contribution in [-0.4, -0.2) is 16.1 Å². The zero-order valence-electron chi connectivity index (χ0n) is 11.9. The van der Waals surface area contributed by atoms with E-state index in [1.807, 2.05) is 0 Å². The first kappa shape index (κ1) is 14.8. The molecule has 1 aromatic rings.